The predicted octanol–water partition coefficient (Wildman–Crippen LogP) is 1.49. The van der Waals surface area contributed by atoms with Gasteiger partial charge in [0.1, 0.15) is 0 Å². The quantitative estimate of drug-likeness (QED) is 0.719. The van der Waals surface area contributed by atoms with E-state index in [4.69, 9.17) is 5.11 Å². The van der Waals surface area contributed by atoms with Gasteiger partial charge >= 0.3 is 5.97 Å². The molecule has 0 atom stereocenters. The van der Waals surface area contributed by atoms with Crippen molar-refractivity contribution in [3.05, 3.63) is 22.7 Å². The van der Waals surface area contributed by atoms with E-state index in [0.29, 0.717) is 25.2 Å². The molecule has 18 heavy (non-hydrogen) atoms. The Bertz CT molecular complexity index is 454. The Hall–Kier alpha value is -1.85. The zero-order valence-corrected chi connectivity index (χ0v) is 10.7. The van der Waals surface area contributed by atoms with Gasteiger partial charge in [0.15, 0.2) is 5.82 Å². The van der Waals surface area contributed by atoms with E-state index in [1.807, 2.05) is 13.8 Å². The highest BCUT2D eigenvalue weighted by Crippen LogP contribution is 2.02. The fourth-order valence-electron chi connectivity index (χ4n) is 1.56. The smallest absolute Gasteiger partial charge is 0.303 e. The van der Waals surface area contributed by atoms with Gasteiger partial charge in [-0.3, -0.25) is 9.59 Å². The minimum Gasteiger partial charge on any atom is -0.481 e. The number of rotatable bonds is 7. The standard InChI is InChI=1S/C12H19N3O3/c1-9(2)15-8-7-14-11(12(15)18)13-6-4-3-5-10(16)17/h7-9H,3-6H2,1-2H3,(H,13,14)(H,16,17). The van der Waals surface area contributed by atoms with Gasteiger partial charge in [0.05, 0.1) is 0 Å². The average molecular weight is 253 g/mol. The molecule has 1 heterocycles. The number of anilines is 1. The molecule has 100 valence electrons. The monoisotopic (exact) mass is 253 g/mol. The lowest BCUT2D eigenvalue weighted by molar-refractivity contribution is -0.137. The molecule has 0 bridgehead atoms. The van der Waals surface area contributed by atoms with E-state index in [1.165, 1.54) is 0 Å². The molecule has 1 aromatic rings. The van der Waals surface area contributed by atoms with Crippen molar-refractivity contribution in [3.8, 4) is 0 Å². The van der Waals surface area contributed by atoms with Gasteiger partial charge in [0, 0.05) is 31.4 Å². The Kier molecular flexibility index (Phi) is 5.35. The second kappa shape index (κ2) is 6.78. The molecule has 6 nitrogen and oxygen atoms in total. The van der Waals surface area contributed by atoms with Crippen LogP contribution in [0.25, 0.3) is 0 Å². The van der Waals surface area contributed by atoms with Crippen molar-refractivity contribution in [1.82, 2.24) is 9.55 Å². The van der Waals surface area contributed by atoms with Crippen LogP contribution in [0.5, 0.6) is 0 Å². The molecule has 1 aromatic heterocycles. The number of nitrogens with zero attached hydrogens (tertiary/aromatic N) is 2. The van der Waals surface area contributed by atoms with Crippen LogP contribution in [0.1, 0.15) is 39.2 Å². The average Bonchev–Trinajstić information content (AvgIpc) is 2.30. The zero-order valence-electron chi connectivity index (χ0n) is 10.7. The number of hydrogen-bond donors (Lipinski definition) is 2. The first-order chi connectivity index (χ1) is 8.52. The highest BCUT2D eigenvalue weighted by molar-refractivity contribution is 5.66. The number of aliphatic carboxylic acids is 1. The Morgan fingerprint density at radius 2 is 2.22 bits per heavy atom. The third-order valence-electron chi connectivity index (χ3n) is 2.53. The fourth-order valence-corrected chi connectivity index (χ4v) is 1.56. The normalized spacial score (nSPS) is 10.6. The molecule has 0 aliphatic heterocycles. The van der Waals surface area contributed by atoms with Crippen molar-refractivity contribution in [2.24, 2.45) is 0 Å². The first-order valence-corrected chi connectivity index (χ1v) is 6.05. The van der Waals surface area contributed by atoms with E-state index in [2.05, 4.69) is 10.3 Å². The van der Waals surface area contributed by atoms with E-state index in [1.54, 1.807) is 17.0 Å². The Labute approximate surface area is 106 Å². The van der Waals surface area contributed by atoms with Gasteiger partial charge in [-0.25, -0.2) is 4.98 Å². The molecule has 0 fully saturated rings. The van der Waals surface area contributed by atoms with E-state index >= 15 is 0 Å². The first-order valence-electron chi connectivity index (χ1n) is 6.05. The van der Waals surface area contributed by atoms with Crippen molar-refractivity contribution in [2.45, 2.75) is 39.2 Å². The van der Waals surface area contributed by atoms with E-state index < -0.39 is 5.97 Å². The fraction of sp³-hybridized carbons (Fsp3) is 0.583. The summed E-state index contributed by atoms with van der Waals surface area (Å²) in [6, 6.07) is 0.0908. The highest BCUT2D eigenvalue weighted by Gasteiger charge is 2.06. The van der Waals surface area contributed by atoms with Gasteiger partial charge in [-0.05, 0) is 26.7 Å². The third kappa shape index (κ3) is 4.20. The van der Waals surface area contributed by atoms with Crippen LogP contribution in [0, 0.1) is 0 Å². The lowest BCUT2D eigenvalue weighted by Gasteiger charge is -2.11. The van der Waals surface area contributed by atoms with Gasteiger partial charge in [-0.1, -0.05) is 0 Å². The zero-order chi connectivity index (χ0) is 13.5. The van der Waals surface area contributed by atoms with E-state index in [-0.39, 0.29) is 18.0 Å². The summed E-state index contributed by atoms with van der Waals surface area (Å²) in [6.07, 6.45) is 4.68. The van der Waals surface area contributed by atoms with Gasteiger partial charge in [0.2, 0.25) is 0 Å². The van der Waals surface area contributed by atoms with Crippen molar-refractivity contribution < 1.29 is 9.90 Å². The van der Waals surface area contributed by atoms with E-state index in [0.717, 1.165) is 0 Å². The lowest BCUT2D eigenvalue weighted by Crippen LogP contribution is -2.25. The Morgan fingerprint density at radius 1 is 1.50 bits per heavy atom. The molecule has 0 unspecified atom stereocenters. The molecule has 0 saturated heterocycles. The molecule has 2 N–H and O–H groups in total. The summed E-state index contributed by atoms with van der Waals surface area (Å²) in [4.78, 5) is 26.2. The number of nitrogens with one attached hydrogen (secondary N) is 1. The molecule has 0 saturated carbocycles. The SMILES string of the molecule is CC(C)n1ccnc(NCCCCC(=O)O)c1=O. The minimum absolute atomic E-state index is 0.0908. The molecule has 1 rings (SSSR count). The summed E-state index contributed by atoms with van der Waals surface area (Å²) in [5.41, 5.74) is -0.147. The maximum absolute atomic E-state index is 11.9. The Balaban J connectivity index is 2.50. The van der Waals surface area contributed by atoms with Crippen molar-refractivity contribution in [3.63, 3.8) is 0 Å². The van der Waals surface area contributed by atoms with Gasteiger partial charge in [-0.15, -0.1) is 0 Å². The first kappa shape index (κ1) is 14.2. The van der Waals surface area contributed by atoms with Gasteiger partial charge < -0.3 is 15.0 Å². The number of unbranched alkanes of at least 4 members (excludes halogenated alkanes) is 1. The summed E-state index contributed by atoms with van der Waals surface area (Å²) in [5.74, 6) is -0.475. The Morgan fingerprint density at radius 3 is 2.83 bits per heavy atom. The number of carbonyl (C=O) groups is 1. The van der Waals surface area contributed by atoms with E-state index in [9.17, 15) is 9.59 Å². The summed E-state index contributed by atoms with van der Waals surface area (Å²) < 4.78 is 1.60. The van der Waals surface area contributed by atoms with Crippen LogP contribution in [-0.2, 0) is 4.79 Å². The van der Waals surface area contributed by atoms with Crippen LogP contribution in [0.2, 0.25) is 0 Å². The number of hydrogen-bond acceptors (Lipinski definition) is 4. The largest absolute Gasteiger partial charge is 0.481 e. The number of aromatic nitrogens is 2. The summed E-state index contributed by atoms with van der Waals surface area (Å²) >= 11 is 0. The molecule has 0 radical (unpaired) electrons. The molecule has 0 aliphatic rings. The topological polar surface area (TPSA) is 84.2 Å². The number of carboxylic acids is 1. The van der Waals surface area contributed by atoms with Crippen LogP contribution >= 0.6 is 0 Å². The maximum atomic E-state index is 11.9. The van der Waals surface area contributed by atoms with Crippen LogP contribution < -0.4 is 10.9 Å². The molecular weight excluding hydrogens is 234 g/mol. The third-order valence-corrected chi connectivity index (χ3v) is 2.53. The van der Waals surface area contributed by atoms with Crippen molar-refractivity contribution >= 4 is 11.8 Å². The molecular formula is C12H19N3O3. The second-order valence-corrected chi connectivity index (χ2v) is 4.36. The van der Waals surface area contributed by atoms with Gasteiger partial charge in [-0.2, -0.15) is 0 Å². The van der Waals surface area contributed by atoms with Gasteiger partial charge in [0.25, 0.3) is 5.56 Å². The second-order valence-electron chi connectivity index (χ2n) is 4.36. The lowest BCUT2D eigenvalue weighted by atomic mass is 10.2. The van der Waals surface area contributed by atoms with Crippen LogP contribution in [-0.4, -0.2) is 27.2 Å². The van der Waals surface area contributed by atoms with Crippen LogP contribution in [0.15, 0.2) is 17.2 Å². The minimum atomic E-state index is -0.796. The summed E-state index contributed by atoms with van der Waals surface area (Å²) in [7, 11) is 0. The van der Waals surface area contributed by atoms with Crippen molar-refractivity contribution in [2.75, 3.05) is 11.9 Å². The predicted molar refractivity (Wildman–Crippen MR) is 68.9 cm³/mol. The van der Waals surface area contributed by atoms with Crippen LogP contribution in [0.3, 0.4) is 0 Å². The maximum Gasteiger partial charge on any atom is 0.303 e. The molecule has 6 heteroatoms. The molecule has 0 aliphatic carbocycles. The molecule has 0 aromatic carbocycles. The van der Waals surface area contributed by atoms with Crippen LogP contribution in [0.4, 0.5) is 5.82 Å². The molecule has 0 amide bonds. The highest BCUT2D eigenvalue weighted by atomic mass is 16.4. The van der Waals surface area contributed by atoms with Crippen molar-refractivity contribution in [1.29, 1.82) is 0 Å². The summed E-state index contributed by atoms with van der Waals surface area (Å²) in [5, 5.41) is 11.4. The summed E-state index contributed by atoms with van der Waals surface area (Å²) in [6.45, 7) is 4.41. The number of carboxylic acid groups (broad SMARTS) is 1. The molecule has 0 spiro atoms.